The number of nitrogens with zero attached hydrogens (tertiary/aromatic N) is 1. The van der Waals surface area contributed by atoms with E-state index in [0.717, 1.165) is 0 Å². The molecule has 0 aromatic heterocycles. The fourth-order valence-corrected chi connectivity index (χ4v) is 4.90. The second-order valence-corrected chi connectivity index (χ2v) is 8.88. The first-order valence-corrected chi connectivity index (χ1v) is 10.6. The Balaban J connectivity index is 1.61. The van der Waals surface area contributed by atoms with Gasteiger partial charge in [-0.3, -0.25) is 9.59 Å². The molecule has 2 aromatic carbocycles. The van der Waals surface area contributed by atoms with Crippen LogP contribution in [0.15, 0.2) is 53.4 Å². The van der Waals surface area contributed by atoms with Crippen molar-refractivity contribution in [3.8, 4) is 0 Å². The number of benzene rings is 2. The highest BCUT2D eigenvalue weighted by Crippen LogP contribution is 2.26. The Labute approximate surface area is 168 Å². The van der Waals surface area contributed by atoms with E-state index in [1.807, 2.05) is 0 Å². The second-order valence-electron chi connectivity index (χ2n) is 6.54. The van der Waals surface area contributed by atoms with Gasteiger partial charge in [0.1, 0.15) is 0 Å². The van der Waals surface area contributed by atoms with Crippen molar-refractivity contribution in [3.05, 3.63) is 59.1 Å². The molecule has 2 amide bonds. The third kappa shape index (κ3) is 4.35. The summed E-state index contributed by atoms with van der Waals surface area (Å²) in [7, 11) is -3.55. The maximum absolute atomic E-state index is 12.7. The Morgan fingerprint density at radius 3 is 2.29 bits per heavy atom. The number of anilines is 1. The monoisotopic (exact) mass is 421 g/mol. The van der Waals surface area contributed by atoms with Gasteiger partial charge in [-0.15, -0.1) is 0 Å². The Morgan fingerprint density at radius 2 is 1.71 bits per heavy atom. The van der Waals surface area contributed by atoms with Crippen molar-refractivity contribution in [3.63, 3.8) is 0 Å². The van der Waals surface area contributed by atoms with Crippen LogP contribution in [0.5, 0.6) is 0 Å². The molecule has 2 aromatic rings. The van der Waals surface area contributed by atoms with Crippen molar-refractivity contribution in [1.29, 1.82) is 0 Å². The third-order valence-electron chi connectivity index (χ3n) is 4.71. The van der Waals surface area contributed by atoms with E-state index in [1.165, 1.54) is 16.4 Å². The molecule has 0 saturated carbocycles. The maximum Gasteiger partial charge on any atom is 0.250 e. The summed E-state index contributed by atoms with van der Waals surface area (Å²) in [6.07, 6.45) is 0.843. The van der Waals surface area contributed by atoms with Gasteiger partial charge in [-0.1, -0.05) is 29.8 Å². The summed E-state index contributed by atoms with van der Waals surface area (Å²) in [5.41, 5.74) is 5.85. The predicted octanol–water partition coefficient (Wildman–Crippen LogP) is 2.48. The standard InChI is InChI=1S/C19H20ClN3O4S/c20-17-12-14(6-7-16(17)18(21)24)22-19(25)13-8-10-23(11-9-13)28(26,27)15-4-2-1-3-5-15/h1-7,12-13H,8-11H2,(H2,21,24)(H,22,25). The van der Waals surface area contributed by atoms with Gasteiger partial charge in [-0.05, 0) is 43.2 Å². The SMILES string of the molecule is NC(=O)c1ccc(NC(=O)C2CCN(S(=O)(=O)c3ccccc3)CC2)cc1Cl. The first-order chi connectivity index (χ1) is 13.3. The molecule has 1 heterocycles. The smallest absolute Gasteiger partial charge is 0.250 e. The molecule has 1 aliphatic heterocycles. The number of hydrogen-bond donors (Lipinski definition) is 2. The van der Waals surface area contributed by atoms with Crippen molar-refractivity contribution in [2.24, 2.45) is 11.7 Å². The van der Waals surface area contributed by atoms with Crippen LogP contribution in [-0.2, 0) is 14.8 Å². The fourth-order valence-electron chi connectivity index (χ4n) is 3.14. The Morgan fingerprint density at radius 1 is 1.07 bits per heavy atom. The lowest BCUT2D eigenvalue weighted by Gasteiger charge is -2.30. The molecule has 0 spiro atoms. The Hall–Kier alpha value is -2.42. The van der Waals surface area contributed by atoms with Crippen molar-refractivity contribution in [2.75, 3.05) is 18.4 Å². The number of sulfonamides is 1. The van der Waals surface area contributed by atoms with Crippen LogP contribution in [0.25, 0.3) is 0 Å². The minimum atomic E-state index is -3.55. The van der Waals surface area contributed by atoms with Crippen LogP contribution >= 0.6 is 11.6 Å². The number of rotatable bonds is 5. The lowest BCUT2D eigenvalue weighted by atomic mass is 9.97. The van der Waals surface area contributed by atoms with Gasteiger partial charge in [0.2, 0.25) is 21.8 Å². The Kier molecular flexibility index (Phi) is 6.02. The first-order valence-electron chi connectivity index (χ1n) is 8.74. The molecular formula is C19H20ClN3O4S. The minimum Gasteiger partial charge on any atom is -0.366 e. The molecule has 1 saturated heterocycles. The van der Waals surface area contributed by atoms with Gasteiger partial charge in [0.05, 0.1) is 15.5 Å². The van der Waals surface area contributed by atoms with Crippen molar-refractivity contribution < 1.29 is 18.0 Å². The summed E-state index contributed by atoms with van der Waals surface area (Å²) >= 11 is 6.00. The molecule has 0 unspecified atom stereocenters. The fraction of sp³-hybridized carbons (Fsp3) is 0.263. The van der Waals surface area contributed by atoms with Gasteiger partial charge in [-0.25, -0.2) is 8.42 Å². The molecule has 1 aliphatic rings. The number of halogens is 1. The summed E-state index contributed by atoms with van der Waals surface area (Å²) in [4.78, 5) is 24.0. The van der Waals surface area contributed by atoms with E-state index in [4.69, 9.17) is 17.3 Å². The lowest BCUT2D eigenvalue weighted by molar-refractivity contribution is -0.120. The number of carbonyl (C=O) groups excluding carboxylic acids is 2. The number of piperidine rings is 1. The van der Waals surface area contributed by atoms with E-state index in [0.29, 0.717) is 18.5 Å². The molecule has 148 valence electrons. The van der Waals surface area contributed by atoms with Gasteiger partial charge < -0.3 is 11.1 Å². The third-order valence-corrected chi connectivity index (χ3v) is 6.93. The molecule has 0 aliphatic carbocycles. The van der Waals surface area contributed by atoms with Crippen LogP contribution < -0.4 is 11.1 Å². The van der Waals surface area contributed by atoms with E-state index < -0.39 is 15.9 Å². The van der Waals surface area contributed by atoms with Crippen molar-refractivity contribution in [1.82, 2.24) is 4.31 Å². The number of nitrogens with one attached hydrogen (secondary N) is 1. The van der Waals surface area contributed by atoms with Crippen LogP contribution in [0.3, 0.4) is 0 Å². The van der Waals surface area contributed by atoms with Crippen LogP contribution in [-0.4, -0.2) is 37.6 Å². The highest BCUT2D eigenvalue weighted by atomic mass is 35.5. The largest absolute Gasteiger partial charge is 0.366 e. The number of carbonyl (C=O) groups is 2. The highest BCUT2D eigenvalue weighted by Gasteiger charge is 2.32. The Bertz CT molecular complexity index is 987. The lowest BCUT2D eigenvalue weighted by Crippen LogP contribution is -2.41. The molecule has 0 radical (unpaired) electrons. The molecule has 3 rings (SSSR count). The molecule has 0 atom stereocenters. The first kappa shape index (κ1) is 20.3. The number of amides is 2. The number of primary amides is 1. The minimum absolute atomic E-state index is 0.161. The molecule has 0 bridgehead atoms. The normalized spacial score (nSPS) is 15.9. The van der Waals surface area contributed by atoms with Gasteiger partial charge in [0.15, 0.2) is 0 Å². The topological polar surface area (TPSA) is 110 Å². The van der Waals surface area contributed by atoms with Crippen molar-refractivity contribution >= 4 is 39.1 Å². The quantitative estimate of drug-likeness (QED) is 0.772. The second kappa shape index (κ2) is 8.30. The van der Waals surface area contributed by atoms with E-state index in [2.05, 4.69) is 5.32 Å². The van der Waals surface area contributed by atoms with E-state index in [1.54, 1.807) is 36.4 Å². The van der Waals surface area contributed by atoms with Crippen molar-refractivity contribution in [2.45, 2.75) is 17.7 Å². The molecule has 9 heteroatoms. The molecular weight excluding hydrogens is 402 g/mol. The number of nitrogens with two attached hydrogens (primary N) is 1. The highest BCUT2D eigenvalue weighted by molar-refractivity contribution is 7.89. The molecule has 28 heavy (non-hydrogen) atoms. The van der Waals surface area contributed by atoms with Crippen LogP contribution in [0.2, 0.25) is 5.02 Å². The predicted molar refractivity (Wildman–Crippen MR) is 107 cm³/mol. The summed E-state index contributed by atoms with van der Waals surface area (Å²) in [6.45, 7) is 0.549. The molecule has 7 nitrogen and oxygen atoms in total. The van der Waals surface area contributed by atoms with Crippen LogP contribution in [0, 0.1) is 5.92 Å². The van der Waals surface area contributed by atoms with E-state index >= 15 is 0 Å². The zero-order valence-electron chi connectivity index (χ0n) is 15.0. The maximum atomic E-state index is 12.7. The van der Waals surface area contributed by atoms with Crippen LogP contribution in [0.4, 0.5) is 5.69 Å². The zero-order valence-corrected chi connectivity index (χ0v) is 16.5. The van der Waals surface area contributed by atoms with Crippen LogP contribution in [0.1, 0.15) is 23.2 Å². The van der Waals surface area contributed by atoms with Gasteiger partial charge in [0, 0.05) is 24.7 Å². The van der Waals surface area contributed by atoms with Gasteiger partial charge in [0.25, 0.3) is 0 Å². The molecule has 3 N–H and O–H groups in total. The summed E-state index contributed by atoms with van der Waals surface area (Å²) < 4.78 is 26.7. The van der Waals surface area contributed by atoms with E-state index in [9.17, 15) is 18.0 Å². The average Bonchev–Trinajstić information content (AvgIpc) is 2.68. The summed E-state index contributed by atoms with van der Waals surface area (Å²) in [6, 6.07) is 12.7. The number of hydrogen-bond acceptors (Lipinski definition) is 4. The summed E-state index contributed by atoms with van der Waals surface area (Å²) in [5.74, 6) is -1.16. The summed E-state index contributed by atoms with van der Waals surface area (Å²) in [5, 5.41) is 2.92. The zero-order chi connectivity index (χ0) is 20.3. The van der Waals surface area contributed by atoms with Gasteiger partial charge in [-0.2, -0.15) is 4.31 Å². The van der Waals surface area contributed by atoms with E-state index in [-0.39, 0.29) is 40.4 Å². The average molecular weight is 422 g/mol. The molecule has 1 fully saturated rings. The van der Waals surface area contributed by atoms with Gasteiger partial charge >= 0.3 is 0 Å².